The molecule has 0 saturated carbocycles. The van der Waals surface area contributed by atoms with Crippen molar-refractivity contribution in [2.24, 2.45) is 0 Å². The van der Waals surface area contributed by atoms with Gasteiger partial charge in [-0.15, -0.1) is 0 Å². The van der Waals surface area contributed by atoms with E-state index in [1.54, 1.807) is 0 Å². The summed E-state index contributed by atoms with van der Waals surface area (Å²) >= 11 is 0. The van der Waals surface area contributed by atoms with Gasteiger partial charge in [0, 0.05) is 13.2 Å². The van der Waals surface area contributed by atoms with E-state index in [1.807, 2.05) is 0 Å². The Morgan fingerprint density at radius 1 is 1.47 bits per heavy atom. The first kappa shape index (κ1) is 14.1. The monoisotopic (exact) mass is 286 g/mol. The van der Waals surface area contributed by atoms with Crippen LogP contribution >= 0.6 is 0 Å². The van der Waals surface area contributed by atoms with Crippen molar-refractivity contribution in [3.05, 3.63) is 18.2 Å². The van der Waals surface area contributed by atoms with Crippen LogP contribution in [0, 0.1) is 0 Å². The Hall–Kier alpha value is -1.31. The van der Waals surface area contributed by atoms with Crippen molar-refractivity contribution in [2.75, 3.05) is 18.9 Å². The molecule has 1 aliphatic rings. The average Bonchev–Trinajstić information content (AvgIpc) is 2.85. The van der Waals surface area contributed by atoms with Gasteiger partial charge in [-0.25, -0.2) is 13.1 Å². The Morgan fingerprint density at radius 3 is 2.89 bits per heavy atom. The van der Waals surface area contributed by atoms with E-state index in [2.05, 4.69) is 4.72 Å². The van der Waals surface area contributed by atoms with E-state index >= 15 is 0 Å². The zero-order valence-electron chi connectivity index (χ0n) is 10.5. The highest BCUT2D eigenvalue weighted by molar-refractivity contribution is 7.89. The second-order valence-electron chi connectivity index (χ2n) is 4.54. The van der Waals surface area contributed by atoms with E-state index in [1.165, 1.54) is 18.2 Å². The average molecular weight is 286 g/mol. The number of aromatic hydroxyl groups is 1. The summed E-state index contributed by atoms with van der Waals surface area (Å²) in [6.45, 7) is 1.08. The van der Waals surface area contributed by atoms with Gasteiger partial charge in [0.15, 0.2) is 0 Å². The third-order valence-electron chi connectivity index (χ3n) is 3.09. The van der Waals surface area contributed by atoms with E-state index in [0.717, 1.165) is 19.4 Å². The van der Waals surface area contributed by atoms with Crippen molar-refractivity contribution in [1.29, 1.82) is 0 Å². The van der Waals surface area contributed by atoms with Crippen LogP contribution in [0.2, 0.25) is 0 Å². The molecule has 1 atom stereocenters. The van der Waals surface area contributed by atoms with Crippen LogP contribution in [0.5, 0.6) is 5.75 Å². The zero-order chi connectivity index (χ0) is 13.9. The predicted molar refractivity (Wildman–Crippen MR) is 71.3 cm³/mol. The molecule has 0 aromatic heterocycles. The number of phenols is 1. The summed E-state index contributed by atoms with van der Waals surface area (Å²) in [5, 5.41) is 9.27. The summed E-state index contributed by atoms with van der Waals surface area (Å²) in [6, 6.07) is 3.83. The van der Waals surface area contributed by atoms with Gasteiger partial charge in [-0.1, -0.05) is 0 Å². The quantitative estimate of drug-likeness (QED) is 0.549. The number of nitrogens with two attached hydrogens (primary N) is 1. The Labute approximate surface area is 112 Å². The molecule has 1 unspecified atom stereocenters. The lowest BCUT2D eigenvalue weighted by Crippen LogP contribution is -2.27. The predicted octanol–water partition coefficient (Wildman–Crippen LogP) is 0.822. The molecule has 0 amide bonds. The Balaban J connectivity index is 1.95. The number of hydrogen-bond acceptors (Lipinski definition) is 5. The summed E-state index contributed by atoms with van der Waals surface area (Å²) in [5.74, 6) is -0.127. The molecule has 2 rings (SSSR count). The highest BCUT2D eigenvalue weighted by Crippen LogP contribution is 2.23. The number of hydrogen-bond donors (Lipinski definition) is 3. The number of sulfonamides is 1. The Morgan fingerprint density at radius 2 is 2.26 bits per heavy atom. The van der Waals surface area contributed by atoms with Crippen LogP contribution in [0.15, 0.2) is 23.1 Å². The molecule has 7 heteroatoms. The fourth-order valence-electron chi connectivity index (χ4n) is 2.01. The molecular formula is C12H18N2O4S. The van der Waals surface area contributed by atoms with Crippen molar-refractivity contribution in [1.82, 2.24) is 4.72 Å². The first-order valence-corrected chi connectivity index (χ1v) is 7.67. The lowest BCUT2D eigenvalue weighted by atomic mass is 10.2. The lowest BCUT2D eigenvalue weighted by molar-refractivity contribution is 0.105. The third kappa shape index (κ3) is 3.59. The van der Waals surface area contributed by atoms with Crippen molar-refractivity contribution >= 4 is 15.7 Å². The van der Waals surface area contributed by atoms with Gasteiger partial charge < -0.3 is 15.6 Å². The minimum atomic E-state index is -3.59. The number of benzene rings is 1. The molecule has 6 nitrogen and oxygen atoms in total. The van der Waals surface area contributed by atoms with Gasteiger partial charge in [0.1, 0.15) is 5.75 Å². The summed E-state index contributed by atoms with van der Waals surface area (Å²) in [7, 11) is -3.59. The smallest absolute Gasteiger partial charge is 0.240 e. The van der Waals surface area contributed by atoms with Crippen molar-refractivity contribution in [3.63, 3.8) is 0 Å². The molecule has 0 aliphatic carbocycles. The summed E-state index contributed by atoms with van der Waals surface area (Å²) in [6.07, 6.45) is 2.82. The molecule has 1 saturated heterocycles. The second kappa shape index (κ2) is 5.77. The molecule has 0 spiro atoms. The van der Waals surface area contributed by atoms with Gasteiger partial charge in [0.2, 0.25) is 10.0 Å². The molecule has 19 heavy (non-hydrogen) atoms. The molecule has 0 radical (unpaired) electrons. The van der Waals surface area contributed by atoms with Crippen LogP contribution < -0.4 is 10.5 Å². The van der Waals surface area contributed by atoms with Crippen LogP contribution in [-0.2, 0) is 14.8 Å². The number of anilines is 1. The first-order valence-electron chi connectivity index (χ1n) is 6.19. The van der Waals surface area contributed by atoms with E-state index in [4.69, 9.17) is 10.5 Å². The van der Waals surface area contributed by atoms with E-state index < -0.39 is 10.0 Å². The molecule has 1 aliphatic heterocycles. The second-order valence-corrected chi connectivity index (χ2v) is 6.31. The van der Waals surface area contributed by atoms with E-state index in [-0.39, 0.29) is 22.4 Å². The fraction of sp³-hybridized carbons (Fsp3) is 0.500. The maximum atomic E-state index is 12.0. The molecule has 1 heterocycles. The third-order valence-corrected chi connectivity index (χ3v) is 4.55. The molecule has 1 aromatic carbocycles. The minimum absolute atomic E-state index is 0.0435. The Kier molecular flexibility index (Phi) is 4.28. The van der Waals surface area contributed by atoms with Gasteiger partial charge in [-0.2, -0.15) is 0 Å². The van der Waals surface area contributed by atoms with Gasteiger partial charge in [0.25, 0.3) is 0 Å². The van der Waals surface area contributed by atoms with Crippen LogP contribution in [0.25, 0.3) is 0 Å². The number of phenolic OH excluding ortho intramolecular Hbond substituents is 1. The van der Waals surface area contributed by atoms with E-state index in [9.17, 15) is 13.5 Å². The van der Waals surface area contributed by atoms with E-state index in [0.29, 0.717) is 13.0 Å². The van der Waals surface area contributed by atoms with Gasteiger partial charge in [-0.05, 0) is 37.5 Å². The highest BCUT2D eigenvalue weighted by atomic mass is 32.2. The van der Waals surface area contributed by atoms with Crippen LogP contribution in [0.3, 0.4) is 0 Å². The van der Waals surface area contributed by atoms with Crippen molar-refractivity contribution in [2.45, 2.75) is 30.3 Å². The molecule has 0 bridgehead atoms. The van der Waals surface area contributed by atoms with Gasteiger partial charge >= 0.3 is 0 Å². The summed E-state index contributed by atoms with van der Waals surface area (Å²) < 4.78 is 31.9. The topological polar surface area (TPSA) is 102 Å². The number of ether oxygens (including phenoxy) is 1. The van der Waals surface area contributed by atoms with Crippen LogP contribution in [-0.4, -0.2) is 32.8 Å². The SMILES string of the molecule is Nc1cc(S(=O)(=O)NCCC2CCCO2)ccc1O. The zero-order valence-corrected chi connectivity index (χ0v) is 11.3. The number of nitrogens with one attached hydrogen (secondary N) is 1. The van der Waals surface area contributed by atoms with Crippen LogP contribution in [0.1, 0.15) is 19.3 Å². The molecule has 1 fully saturated rings. The maximum Gasteiger partial charge on any atom is 0.240 e. The Bertz CT molecular complexity index is 539. The standard InChI is InChI=1S/C12H18N2O4S/c13-11-8-10(3-4-12(11)15)19(16,17)14-6-5-9-2-1-7-18-9/h3-4,8-9,14-15H,1-2,5-7,13H2. The largest absolute Gasteiger partial charge is 0.506 e. The fourth-order valence-corrected chi connectivity index (χ4v) is 3.09. The first-order chi connectivity index (χ1) is 8.99. The number of rotatable bonds is 5. The summed E-state index contributed by atoms with van der Waals surface area (Å²) in [5.41, 5.74) is 5.53. The molecule has 106 valence electrons. The van der Waals surface area contributed by atoms with Crippen LogP contribution in [0.4, 0.5) is 5.69 Å². The molecule has 1 aromatic rings. The summed E-state index contributed by atoms with van der Waals surface area (Å²) in [4.78, 5) is 0.0511. The lowest BCUT2D eigenvalue weighted by Gasteiger charge is -2.11. The number of nitrogen functional groups attached to an aromatic ring is 1. The van der Waals surface area contributed by atoms with Crippen molar-refractivity contribution < 1.29 is 18.3 Å². The van der Waals surface area contributed by atoms with Gasteiger partial charge in [-0.3, -0.25) is 0 Å². The van der Waals surface area contributed by atoms with Gasteiger partial charge in [0.05, 0.1) is 16.7 Å². The highest BCUT2D eigenvalue weighted by Gasteiger charge is 2.18. The molecular weight excluding hydrogens is 268 g/mol. The maximum absolute atomic E-state index is 12.0. The minimum Gasteiger partial charge on any atom is -0.506 e. The normalized spacial score (nSPS) is 19.7. The van der Waals surface area contributed by atoms with Crippen molar-refractivity contribution in [3.8, 4) is 5.75 Å². The molecule has 4 N–H and O–H groups in total.